The van der Waals surface area contributed by atoms with Gasteiger partial charge >= 0.3 is 5.97 Å². The van der Waals surface area contributed by atoms with Crippen molar-refractivity contribution in [3.63, 3.8) is 0 Å². The van der Waals surface area contributed by atoms with Gasteiger partial charge in [-0.05, 0) is 24.3 Å². The van der Waals surface area contributed by atoms with Crippen LogP contribution in [-0.2, 0) is 22.8 Å². The predicted octanol–water partition coefficient (Wildman–Crippen LogP) is 3.11. The zero-order valence-electron chi connectivity index (χ0n) is 14.7. The third-order valence-electron chi connectivity index (χ3n) is 4.18. The van der Waals surface area contributed by atoms with E-state index in [1.165, 1.54) is 13.2 Å². The van der Waals surface area contributed by atoms with E-state index < -0.39 is 24.1 Å². The molecule has 0 aliphatic heterocycles. The predicted molar refractivity (Wildman–Crippen MR) is 102 cm³/mol. The first kappa shape index (κ1) is 18.2. The maximum absolute atomic E-state index is 14.2. The first-order chi connectivity index (χ1) is 13.6. The summed E-state index contributed by atoms with van der Waals surface area (Å²) in [6.45, 7) is -0.347. The van der Waals surface area contributed by atoms with Crippen LogP contribution < -0.4 is 5.56 Å². The van der Waals surface area contributed by atoms with Crippen molar-refractivity contribution < 1.29 is 18.7 Å². The number of carbonyl (C=O) groups excluding carboxylic acids is 1. The van der Waals surface area contributed by atoms with Crippen molar-refractivity contribution in [1.82, 2.24) is 15.0 Å². The van der Waals surface area contributed by atoms with Gasteiger partial charge in [0.05, 0.1) is 12.0 Å². The number of thiophene rings is 1. The number of fused-ring (bicyclic) bond motifs is 2. The average molecular weight is 399 g/mol. The van der Waals surface area contributed by atoms with E-state index >= 15 is 0 Å². The molecule has 2 aromatic heterocycles. The Balaban J connectivity index is 1.64. The molecule has 0 atom stereocenters. The molecule has 0 saturated heterocycles. The zero-order valence-corrected chi connectivity index (χ0v) is 15.5. The number of esters is 1. The second-order valence-electron chi connectivity index (χ2n) is 5.93. The molecule has 4 aromatic rings. The summed E-state index contributed by atoms with van der Waals surface area (Å²) in [6, 6.07) is 11.4. The highest BCUT2D eigenvalue weighted by molar-refractivity contribution is 7.21. The molecule has 7 nitrogen and oxygen atoms in total. The zero-order chi connectivity index (χ0) is 19.7. The quantitative estimate of drug-likeness (QED) is 0.480. The van der Waals surface area contributed by atoms with Crippen LogP contribution >= 0.6 is 11.3 Å². The van der Waals surface area contributed by atoms with Gasteiger partial charge in [0, 0.05) is 22.8 Å². The number of methoxy groups -OCH3 is 1. The van der Waals surface area contributed by atoms with Crippen molar-refractivity contribution >= 4 is 38.3 Å². The Morgan fingerprint density at radius 3 is 2.86 bits per heavy atom. The Morgan fingerprint density at radius 1 is 1.21 bits per heavy atom. The molecule has 0 radical (unpaired) electrons. The van der Waals surface area contributed by atoms with E-state index in [1.54, 1.807) is 36.4 Å². The Bertz CT molecular complexity index is 1250. The standard InChI is InChI=1S/C19H14FN3O4S/c1-26-9-12-16-13(20)6-4-8-15(16)28-17(12)19(25)27-10-23-18(24)11-5-2-3-7-14(11)21-22-23/h2-8H,9-10H2,1H3. The number of carbonyl (C=O) groups is 1. The number of aromatic nitrogens is 3. The molecule has 28 heavy (non-hydrogen) atoms. The highest BCUT2D eigenvalue weighted by Crippen LogP contribution is 2.34. The smallest absolute Gasteiger partial charge is 0.350 e. The van der Waals surface area contributed by atoms with Gasteiger partial charge < -0.3 is 9.47 Å². The minimum atomic E-state index is -0.686. The Morgan fingerprint density at radius 2 is 2.04 bits per heavy atom. The fourth-order valence-corrected chi connectivity index (χ4v) is 4.02. The van der Waals surface area contributed by atoms with Gasteiger partial charge in [-0.1, -0.05) is 23.4 Å². The van der Waals surface area contributed by atoms with Gasteiger partial charge in [0.15, 0.2) is 6.73 Å². The van der Waals surface area contributed by atoms with E-state index in [4.69, 9.17) is 9.47 Å². The van der Waals surface area contributed by atoms with E-state index in [1.807, 2.05) is 0 Å². The molecule has 0 N–H and O–H groups in total. The second kappa shape index (κ2) is 7.45. The van der Waals surface area contributed by atoms with Crippen molar-refractivity contribution in [3.8, 4) is 0 Å². The second-order valence-corrected chi connectivity index (χ2v) is 6.98. The SMILES string of the molecule is COCc1c(C(=O)OCn2nnc3ccccc3c2=O)sc2cccc(F)c12. The van der Waals surface area contributed by atoms with Gasteiger partial charge in [0.1, 0.15) is 16.2 Å². The monoisotopic (exact) mass is 399 g/mol. The number of rotatable bonds is 5. The molecule has 0 spiro atoms. The lowest BCUT2D eigenvalue weighted by molar-refractivity contribution is 0.0338. The average Bonchev–Trinajstić information content (AvgIpc) is 3.08. The highest BCUT2D eigenvalue weighted by Gasteiger charge is 2.22. The number of benzene rings is 2. The van der Waals surface area contributed by atoms with E-state index in [-0.39, 0.29) is 11.5 Å². The van der Waals surface area contributed by atoms with Crippen LogP contribution in [0, 0.1) is 5.82 Å². The third kappa shape index (κ3) is 3.14. The molecule has 0 aliphatic carbocycles. The van der Waals surface area contributed by atoms with Gasteiger partial charge in [0.25, 0.3) is 5.56 Å². The van der Waals surface area contributed by atoms with Crippen LogP contribution in [0.3, 0.4) is 0 Å². The van der Waals surface area contributed by atoms with Gasteiger partial charge in [-0.3, -0.25) is 4.79 Å². The molecule has 2 heterocycles. The molecule has 0 amide bonds. The van der Waals surface area contributed by atoms with Crippen LogP contribution in [0.1, 0.15) is 15.2 Å². The molecule has 0 unspecified atom stereocenters. The Labute approximate surface area is 161 Å². The van der Waals surface area contributed by atoms with Crippen LogP contribution in [0.4, 0.5) is 4.39 Å². The summed E-state index contributed by atoms with van der Waals surface area (Å²) in [5.74, 6) is -1.12. The topological polar surface area (TPSA) is 83.3 Å². The fraction of sp³-hybridized carbons (Fsp3) is 0.158. The number of ether oxygens (including phenoxy) is 2. The fourth-order valence-electron chi connectivity index (χ4n) is 2.91. The lowest BCUT2D eigenvalue weighted by Gasteiger charge is -2.07. The molecule has 0 bridgehead atoms. The van der Waals surface area contributed by atoms with Gasteiger partial charge in [0.2, 0.25) is 0 Å². The minimum absolute atomic E-state index is 0.0566. The van der Waals surface area contributed by atoms with Gasteiger partial charge in [-0.25, -0.2) is 9.18 Å². The highest BCUT2D eigenvalue weighted by atomic mass is 32.1. The van der Waals surface area contributed by atoms with Crippen LogP contribution in [0.5, 0.6) is 0 Å². The maximum atomic E-state index is 14.2. The summed E-state index contributed by atoms with van der Waals surface area (Å²) < 4.78 is 26.2. The van der Waals surface area contributed by atoms with E-state index in [9.17, 15) is 14.0 Å². The van der Waals surface area contributed by atoms with Crippen LogP contribution in [0.15, 0.2) is 47.3 Å². The summed E-state index contributed by atoms with van der Waals surface area (Å²) >= 11 is 1.11. The molecule has 0 saturated carbocycles. The van der Waals surface area contributed by atoms with Gasteiger partial charge in [-0.15, -0.1) is 16.4 Å². The van der Waals surface area contributed by atoms with Crippen LogP contribution in [0.2, 0.25) is 0 Å². The maximum Gasteiger partial charge on any atom is 0.350 e. The molecular formula is C19H14FN3O4S. The largest absolute Gasteiger partial charge is 0.438 e. The number of hydrogen-bond donors (Lipinski definition) is 0. The van der Waals surface area contributed by atoms with Crippen molar-refractivity contribution in [3.05, 3.63) is 69.1 Å². The lowest BCUT2D eigenvalue weighted by atomic mass is 10.1. The van der Waals surface area contributed by atoms with Crippen molar-refractivity contribution in [1.29, 1.82) is 0 Å². The summed E-state index contributed by atoms with van der Waals surface area (Å²) in [7, 11) is 1.46. The van der Waals surface area contributed by atoms with E-state index in [2.05, 4.69) is 10.3 Å². The van der Waals surface area contributed by atoms with E-state index in [0.717, 1.165) is 16.0 Å². The first-order valence-electron chi connectivity index (χ1n) is 8.28. The summed E-state index contributed by atoms with van der Waals surface area (Å²) in [5.41, 5.74) is 0.456. The molecule has 0 fully saturated rings. The first-order valence-corrected chi connectivity index (χ1v) is 9.10. The third-order valence-corrected chi connectivity index (χ3v) is 5.36. The molecule has 9 heteroatoms. The summed E-state index contributed by atoms with van der Waals surface area (Å²) in [4.78, 5) is 25.3. The molecule has 2 aromatic carbocycles. The Hall–Kier alpha value is -3.17. The van der Waals surface area contributed by atoms with Gasteiger partial charge in [-0.2, -0.15) is 4.68 Å². The summed E-state index contributed by atoms with van der Waals surface area (Å²) in [6.07, 6.45) is 0. The van der Waals surface area contributed by atoms with Crippen molar-refractivity contribution in [2.45, 2.75) is 13.3 Å². The molecule has 142 valence electrons. The number of halogens is 1. The number of hydrogen-bond acceptors (Lipinski definition) is 7. The van der Waals surface area contributed by atoms with E-state index in [0.29, 0.717) is 26.6 Å². The van der Waals surface area contributed by atoms with Crippen molar-refractivity contribution in [2.24, 2.45) is 0 Å². The lowest BCUT2D eigenvalue weighted by Crippen LogP contribution is -2.26. The Kier molecular flexibility index (Phi) is 4.84. The number of nitrogens with zero attached hydrogens (tertiary/aromatic N) is 3. The van der Waals surface area contributed by atoms with Crippen LogP contribution in [-0.4, -0.2) is 28.1 Å². The van der Waals surface area contributed by atoms with Crippen molar-refractivity contribution in [2.75, 3.05) is 7.11 Å². The molecule has 4 rings (SSSR count). The summed E-state index contributed by atoms with van der Waals surface area (Å²) in [5, 5.41) is 8.43. The molecular weight excluding hydrogens is 385 g/mol. The normalized spacial score (nSPS) is 11.2. The molecule has 0 aliphatic rings. The van der Waals surface area contributed by atoms with Crippen LogP contribution in [0.25, 0.3) is 21.0 Å². The minimum Gasteiger partial charge on any atom is -0.438 e.